The second-order valence-electron chi connectivity index (χ2n) is 5.64. The molecule has 0 radical (unpaired) electrons. The Bertz CT molecular complexity index is 660. The first-order chi connectivity index (χ1) is 11.6. The van der Waals surface area contributed by atoms with Gasteiger partial charge in [-0.2, -0.15) is 0 Å². The van der Waals surface area contributed by atoms with Gasteiger partial charge in [-0.15, -0.1) is 0 Å². The molecule has 0 aliphatic heterocycles. The van der Waals surface area contributed by atoms with Gasteiger partial charge in [-0.05, 0) is 36.4 Å². The molecule has 3 aromatic rings. The van der Waals surface area contributed by atoms with Crippen LogP contribution in [0.2, 0.25) is 13.1 Å². The maximum absolute atomic E-state index is 5.92. The lowest BCUT2D eigenvalue weighted by Gasteiger charge is -2.24. The van der Waals surface area contributed by atoms with Gasteiger partial charge in [0.2, 0.25) is 0 Å². The van der Waals surface area contributed by atoms with Crippen LogP contribution in [0.3, 0.4) is 0 Å². The fraction of sp³-hybridized carbons (Fsp3) is 0.100. The molecule has 3 rings (SSSR count). The summed E-state index contributed by atoms with van der Waals surface area (Å²) in [6.07, 6.45) is 0. The molecule has 3 nitrogen and oxygen atoms in total. The van der Waals surface area contributed by atoms with Crippen LogP contribution in [-0.4, -0.2) is 8.56 Å². The summed E-state index contributed by atoms with van der Waals surface area (Å²) in [6, 6.07) is 29.1. The van der Waals surface area contributed by atoms with Crippen LogP contribution in [0.25, 0.3) is 0 Å². The lowest BCUT2D eigenvalue weighted by molar-refractivity contribution is 0.399. The number of hydrogen-bond acceptors (Lipinski definition) is 3. The molecule has 0 amide bonds. The van der Waals surface area contributed by atoms with Gasteiger partial charge in [-0.1, -0.05) is 54.6 Å². The molecule has 0 heterocycles. The Kier molecular flexibility index (Phi) is 6.46. The molecule has 0 unspecified atom stereocenters. The van der Waals surface area contributed by atoms with Crippen molar-refractivity contribution in [1.82, 2.24) is 0 Å². The molecule has 0 fully saturated rings. The molecule has 0 aliphatic carbocycles. The van der Waals surface area contributed by atoms with Crippen LogP contribution in [0.4, 0.5) is 5.69 Å². The molecule has 0 aromatic heterocycles. The summed E-state index contributed by atoms with van der Waals surface area (Å²) in [5.74, 6) is 1.72. The molecule has 0 spiro atoms. The van der Waals surface area contributed by atoms with E-state index in [1.54, 1.807) is 0 Å². The lowest BCUT2D eigenvalue weighted by Crippen LogP contribution is -2.41. The Morgan fingerprint density at radius 3 is 1.21 bits per heavy atom. The zero-order valence-corrected chi connectivity index (χ0v) is 15.1. The maximum atomic E-state index is 5.92. The number of hydrogen-bond donors (Lipinski definition) is 1. The monoisotopic (exact) mass is 337 g/mol. The minimum atomic E-state index is -2.18. The normalized spacial score (nSPS) is 10.2. The van der Waals surface area contributed by atoms with Gasteiger partial charge in [-0.3, -0.25) is 0 Å². The van der Waals surface area contributed by atoms with E-state index in [0.717, 1.165) is 17.2 Å². The Morgan fingerprint density at radius 2 is 0.917 bits per heavy atom. The van der Waals surface area contributed by atoms with E-state index in [0.29, 0.717) is 0 Å². The van der Waals surface area contributed by atoms with Gasteiger partial charge in [-0.25, -0.2) is 0 Å². The summed E-state index contributed by atoms with van der Waals surface area (Å²) in [5.41, 5.74) is 6.18. The van der Waals surface area contributed by atoms with Gasteiger partial charge < -0.3 is 14.6 Å². The molecular formula is C20H23NO2Si. The molecule has 124 valence electrons. The van der Waals surface area contributed by atoms with E-state index >= 15 is 0 Å². The van der Waals surface area contributed by atoms with E-state index < -0.39 is 8.56 Å². The summed E-state index contributed by atoms with van der Waals surface area (Å²) in [6.45, 7) is 4.07. The fourth-order valence-corrected chi connectivity index (χ4v) is 3.47. The van der Waals surface area contributed by atoms with Crippen molar-refractivity contribution < 1.29 is 8.85 Å². The van der Waals surface area contributed by atoms with Crippen molar-refractivity contribution in [2.75, 3.05) is 5.73 Å². The highest BCUT2D eigenvalue weighted by molar-refractivity contribution is 6.66. The summed E-state index contributed by atoms with van der Waals surface area (Å²) in [5, 5.41) is 0. The third-order valence-electron chi connectivity index (χ3n) is 3.01. The molecule has 0 saturated carbocycles. The van der Waals surface area contributed by atoms with Crippen molar-refractivity contribution >= 4 is 14.2 Å². The minimum Gasteiger partial charge on any atom is -0.512 e. The van der Waals surface area contributed by atoms with Gasteiger partial charge in [0.25, 0.3) is 0 Å². The fourth-order valence-electron chi connectivity index (χ4n) is 2.02. The number of nitrogens with two attached hydrogens (primary N) is 1. The van der Waals surface area contributed by atoms with Crippen molar-refractivity contribution in [3.05, 3.63) is 91.0 Å². The van der Waals surface area contributed by atoms with E-state index in [-0.39, 0.29) is 0 Å². The number of anilines is 1. The van der Waals surface area contributed by atoms with Crippen LogP contribution in [0.5, 0.6) is 11.5 Å². The van der Waals surface area contributed by atoms with Gasteiger partial charge >= 0.3 is 8.56 Å². The zero-order chi connectivity index (χ0) is 17.3. The molecule has 2 N–H and O–H groups in total. The summed E-state index contributed by atoms with van der Waals surface area (Å²) >= 11 is 0. The predicted molar refractivity (Wildman–Crippen MR) is 102 cm³/mol. The van der Waals surface area contributed by atoms with Crippen LogP contribution in [0, 0.1) is 0 Å². The molecule has 4 heteroatoms. The SMILES string of the molecule is C[Si](C)(Oc1ccccc1)Oc1ccccc1.Nc1ccccc1. The molecule has 0 saturated heterocycles. The van der Waals surface area contributed by atoms with E-state index in [9.17, 15) is 0 Å². The predicted octanol–water partition coefficient (Wildman–Crippen LogP) is 5.12. The number of nitrogen functional groups attached to an aromatic ring is 1. The van der Waals surface area contributed by atoms with Crippen LogP contribution in [-0.2, 0) is 0 Å². The maximum Gasteiger partial charge on any atom is 0.454 e. The zero-order valence-electron chi connectivity index (χ0n) is 14.1. The quantitative estimate of drug-likeness (QED) is 0.531. The van der Waals surface area contributed by atoms with Crippen LogP contribution in [0.1, 0.15) is 0 Å². The standard InChI is InChI=1S/C14H16O2Si.C6H7N/c1-17(2,15-13-9-5-3-6-10-13)16-14-11-7-4-8-12-14;7-6-4-2-1-3-5-6/h3-12H,1-2H3;1-5H,7H2. The Balaban J connectivity index is 0.000000249. The minimum absolute atomic E-state index is 0.822. The van der Waals surface area contributed by atoms with Gasteiger partial charge in [0.05, 0.1) is 0 Å². The molecule has 3 aromatic carbocycles. The second kappa shape index (κ2) is 8.79. The number of benzene rings is 3. The number of para-hydroxylation sites is 3. The number of rotatable bonds is 4. The molecular weight excluding hydrogens is 314 g/mol. The summed E-state index contributed by atoms with van der Waals surface area (Å²) < 4.78 is 11.8. The van der Waals surface area contributed by atoms with E-state index in [2.05, 4.69) is 0 Å². The van der Waals surface area contributed by atoms with Crippen LogP contribution < -0.4 is 14.6 Å². The average Bonchev–Trinajstić information content (AvgIpc) is 2.57. The molecule has 0 bridgehead atoms. The van der Waals surface area contributed by atoms with Gasteiger partial charge in [0.15, 0.2) is 0 Å². The first-order valence-corrected chi connectivity index (χ1v) is 10.7. The smallest absolute Gasteiger partial charge is 0.454 e. The first-order valence-electron chi connectivity index (χ1n) is 7.84. The van der Waals surface area contributed by atoms with Crippen molar-refractivity contribution in [3.8, 4) is 11.5 Å². The van der Waals surface area contributed by atoms with Crippen LogP contribution in [0.15, 0.2) is 91.0 Å². The highest BCUT2D eigenvalue weighted by Crippen LogP contribution is 2.19. The topological polar surface area (TPSA) is 44.5 Å². The Labute approximate surface area is 144 Å². The third-order valence-corrected chi connectivity index (χ3v) is 4.47. The van der Waals surface area contributed by atoms with E-state index in [4.69, 9.17) is 14.6 Å². The average molecular weight is 337 g/mol. The Morgan fingerprint density at radius 1 is 0.583 bits per heavy atom. The summed E-state index contributed by atoms with van der Waals surface area (Å²) in [4.78, 5) is 0. The Hall–Kier alpha value is -2.72. The van der Waals surface area contributed by atoms with Crippen molar-refractivity contribution in [2.24, 2.45) is 0 Å². The van der Waals surface area contributed by atoms with Gasteiger partial charge in [0.1, 0.15) is 11.5 Å². The molecule has 24 heavy (non-hydrogen) atoms. The third kappa shape index (κ3) is 6.58. The van der Waals surface area contributed by atoms with E-state index in [1.165, 1.54) is 0 Å². The van der Waals surface area contributed by atoms with Crippen molar-refractivity contribution in [1.29, 1.82) is 0 Å². The summed E-state index contributed by atoms with van der Waals surface area (Å²) in [7, 11) is -2.18. The largest absolute Gasteiger partial charge is 0.512 e. The van der Waals surface area contributed by atoms with E-state index in [1.807, 2.05) is 104 Å². The van der Waals surface area contributed by atoms with Crippen LogP contribution >= 0.6 is 0 Å². The highest BCUT2D eigenvalue weighted by Gasteiger charge is 2.28. The van der Waals surface area contributed by atoms with Crippen molar-refractivity contribution in [2.45, 2.75) is 13.1 Å². The molecule has 0 aliphatic rings. The first kappa shape index (κ1) is 17.6. The van der Waals surface area contributed by atoms with Crippen molar-refractivity contribution in [3.63, 3.8) is 0 Å². The highest BCUT2D eigenvalue weighted by atomic mass is 28.4. The lowest BCUT2D eigenvalue weighted by atomic mass is 10.3. The second-order valence-corrected chi connectivity index (χ2v) is 8.85. The molecule has 0 atom stereocenters. The van der Waals surface area contributed by atoms with Gasteiger partial charge in [0, 0.05) is 18.8 Å².